The number of furan rings is 2. The molecule has 0 aliphatic heterocycles. The average Bonchev–Trinajstić information content (AvgIpc) is 3.70. The highest BCUT2D eigenvalue weighted by Gasteiger charge is 2.22. The molecule has 0 saturated heterocycles. The van der Waals surface area contributed by atoms with E-state index in [2.05, 4.69) is 150 Å². The quantitative estimate of drug-likeness (QED) is 0.188. The lowest BCUT2D eigenvalue weighted by Crippen LogP contribution is -2.10. The topological polar surface area (TPSA) is 29.5 Å². The number of fused-ring (bicyclic) bond motifs is 10. The SMILES string of the molecule is c1ccc(-c2cccc(N(c3ccc4c(c3)oc3ccccc34)c3cc4oc5ccccc5c4c4c3ccc3ccccc34)c2)cc1. The minimum absolute atomic E-state index is 0.854. The van der Waals surface area contributed by atoms with Gasteiger partial charge in [-0.05, 0) is 58.3 Å². The van der Waals surface area contributed by atoms with Crippen molar-refractivity contribution in [3.05, 3.63) is 164 Å². The third-order valence-corrected chi connectivity index (χ3v) is 9.42. The van der Waals surface area contributed by atoms with E-state index in [9.17, 15) is 0 Å². The third-order valence-electron chi connectivity index (χ3n) is 9.42. The van der Waals surface area contributed by atoms with Crippen LogP contribution in [0.1, 0.15) is 0 Å². The predicted octanol–water partition coefficient (Wildman–Crippen LogP) is 12.9. The van der Waals surface area contributed by atoms with Gasteiger partial charge in [-0.25, -0.2) is 0 Å². The second-order valence-electron chi connectivity index (χ2n) is 12.1. The van der Waals surface area contributed by atoms with Gasteiger partial charge >= 0.3 is 0 Å². The van der Waals surface area contributed by atoms with Crippen molar-refractivity contribution in [2.45, 2.75) is 0 Å². The summed E-state index contributed by atoms with van der Waals surface area (Å²) in [6, 6.07) is 57.8. The van der Waals surface area contributed by atoms with Crippen LogP contribution in [0.3, 0.4) is 0 Å². The van der Waals surface area contributed by atoms with Gasteiger partial charge < -0.3 is 13.7 Å². The van der Waals surface area contributed by atoms with Gasteiger partial charge in [0.25, 0.3) is 0 Å². The fourth-order valence-corrected chi connectivity index (χ4v) is 7.30. The number of hydrogen-bond acceptors (Lipinski definition) is 3. The molecule has 0 spiro atoms. The van der Waals surface area contributed by atoms with Crippen molar-refractivity contribution in [1.82, 2.24) is 0 Å². The maximum atomic E-state index is 6.63. The van der Waals surface area contributed by atoms with Crippen molar-refractivity contribution in [2.75, 3.05) is 4.90 Å². The molecule has 8 aromatic carbocycles. The Morgan fingerprint density at radius 1 is 0.340 bits per heavy atom. The van der Waals surface area contributed by atoms with Gasteiger partial charge in [-0.3, -0.25) is 0 Å². The number of hydrogen-bond donors (Lipinski definition) is 0. The summed E-state index contributed by atoms with van der Waals surface area (Å²) in [4.78, 5) is 2.35. The Labute approximate surface area is 270 Å². The molecule has 0 aliphatic rings. The van der Waals surface area contributed by atoms with E-state index < -0.39 is 0 Å². The first-order chi connectivity index (χ1) is 23.3. The molecule has 3 nitrogen and oxygen atoms in total. The van der Waals surface area contributed by atoms with Crippen molar-refractivity contribution in [2.24, 2.45) is 0 Å². The van der Waals surface area contributed by atoms with Crippen molar-refractivity contribution in [1.29, 1.82) is 0 Å². The second kappa shape index (κ2) is 10.1. The minimum atomic E-state index is 0.854. The lowest BCUT2D eigenvalue weighted by atomic mass is 9.95. The van der Waals surface area contributed by atoms with Crippen LogP contribution < -0.4 is 4.90 Å². The van der Waals surface area contributed by atoms with Crippen molar-refractivity contribution in [3.8, 4) is 11.1 Å². The first-order valence-electron chi connectivity index (χ1n) is 15.9. The lowest BCUT2D eigenvalue weighted by molar-refractivity contribution is 0.669. The predicted molar refractivity (Wildman–Crippen MR) is 196 cm³/mol. The first kappa shape index (κ1) is 26.0. The number of anilines is 3. The Hall–Kier alpha value is -6.32. The van der Waals surface area contributed by atoms with Crippen molar-refractivity contribution in [3.63, 3.8) is 0 Å². The molecule has 0 saturated carbocycles. The second-order valence-corrected chi connectivity index (χ2v) is 12.1. The zero-order valence-corrected chi connectivity index (χ0v) is 25.4. The standard InChI is InChI=1S/C44H27NO2/c1-2-11-28(12-3-1)30-14-10-15-31(25-30)45(32-22-24-35-34-17-6-8-19-39(34)46-41(35)26-32)38-27-42-44(37-18-7-9-20-40(37)47-42)43-33-16-5-4-13-29(33)21-23-36(38)43/h1-27H. The molecule has 0 aliphatic carbocycles. The Morgan fingerprint density at radius 2 is 0.979 bits per heavy atom. The molecule has 0 atom stereocenters. The van der Waals surface area contributed by atoms with Crippen LogP contribution in [-0.4, -0.2) is 0 Å². The zero-order valence-electron chi connectivity index (χ0n) is 25.4. The molecule has 220 valence electrons. The maximum Gasteiger partial charge on any atom is 0.138 e. The molecule has 0 radical (unpaired) electrons. The molecular weight excluding hydrogens is 574 g/mol. The van der Waals surface area contributed by atoms with Crippen LogP contribution in [0.15, 0.2) is 173 Å². The highest BCUT2D eigenvalue weighted by atomic mass is 16.3. The van der Waals surface area contributed by atoms with E-state index in [1.54, 1.807) is 0 Å². The molecule has 2 aromatic heterocycles. The summed E-state index contributed by atoms with van der Waals surface area (Å²) in [5, 5.41) is 9.23. The van der Waals surface area contributed by atoms with E-state index in [4.69, 9.17) is 8.83 Å². The van der Waals surface area contributed by atoms with Gasteiger partial charge in [0.2, 0.25) is 0 Å². The normalized spacial score (nSPS) is 11.8. The largest absolute Gasteiger partial charge is 0.456 e. The molecule has 0 amide bonds. The van der Waals surface area contributed by atoms with Crippen molar-refractivity contribution >= 4 is 82.5 Å². The molecular formula is C44H27NO2. The van der Waals surface area contributed by atoms with Gasteiger partial charge in [0.15, 0.2) is 0 Å². The first-order valence-corrected chi connectivity index (χ1v) is 15.9. The number of rotatable bonds is 4. The fourth-order valence-electron chi connectivity index (χ4n) is 7.30. The summed E-state index contributed by atoms with van der Waals surface area (Å²) in [6.07, 6.45) is 0. The van der Waals surface area contributed by atoms with E-state index >= 15 is 0 Å². The molecule has 47 heavy (non-hydrogen) atoms. The van der Waals surface area contributed by atoms with Gasteiger partial charge in [-0.2, -0.15) is 0 Å². The van der Waals surface area contributed by atoms with Crippen molar-refractivity contribution < 1.29 is 8.83 Å². The summed E-state index contributed by atoms with van der Waals surface area (Å²) < 4.78 is 13.0. The monoisotopic (exact) mass is 601 g/mol. The van der Waals surface area contributed by atoms with Crippen LogP contribution in [0.25, 0.3) is 76.5 Å². The van der Waals surface area contributed by atoms with Crippen LogP contribution in [-0.2, 0) is 0 Å². The Kier molecular flexibility index (Phi) is 5.57. The minimum Gasteiger partial charge on any atom is -0.456 e. The lowest BCUT2D eigenvalue weighted by Gasteiger charge is -2.27. The number of benzene rings is 8. The molecule has 10 aromatic rings. The van der Waals surface area contributed by atoms with Crippen LogP contribution in [0.5, 0.6) is 0 Å². The van der Waals surface area contributed by atoms with Gasteiger partial charge in [0, 0.05) is 55.8 Å². The van der Waals surface area contributed by atoms with E-state index in [-0.39, 0.29) is 0 Å². The van der Waals surface area contributed by atoms with Crippen LogP contribution >= 0.6 is 0 Å². The van der Waals surface area contributed by atoms with Gasteiger partial charge in [0.05, 0.1) is 5.69 Å². The molecule has 0 unspecified atom stereocenters. The van der Waals surface area contributed by atoms with E-state index in [1.807, 2.05) is 18.2 Å². The van der Waals surface area contributed by atoms with E-state index in [0.717, 1.165) is 71.9 Å². The Balaban J connectivity index is 1.32. The molecule has 3 heteroatoms. The summed E-state index contributed by atoms with van der Waals surface area (Å²) >= 11 is 0. The maximum absolute atomic E-state index is 6.63. The molecule has 2 heterocycles. The summed E-state index contributed by atoms with van der Waals surface area (Å²) in [7, 11) is 0. The van der Waals surface area contributed by atoms with Crippen LogP contribution in [0.2, 0.25) is 0 Å². The summed E-state index contributed by atoms with van der Waals surface area (Å²) in [6.45, 7) is 0. The molecule has 10 rings (SSSR count). The van der Waals surface area contributed by atoms with Gasteiger partial charge in [-0.1, -0.05) is 115 Å². The molecule has 0 bridgehead atoms. The highest BCUT2D eigenvalue weighted by Crippen LogP contribution is 2.47. The van der Waals surface area contributed by atoms with Crippen LogP contribution in [0.4, 0.5) is 17.1 Å². The Bertz CT molecular complexity index is 2810. The van der Waals surface area contributed by atoms with E-state index in [0.29, 0.717) is 0 Å². The average molecular weight is 602 g/mol. The smallest absolute Gasteiger partial charge is 0.138 e. The third kappa shape index (κ3) is 4.00. The summed E-state index contributed by atoms with van der Waals surface area (Å²) in [5.74, 6) is 0. The number of nitrogens with zero attached hydrogens (tertiary/aromatic N) is 1. The zero-order chi connectivity index (χ0) is 30.9. The van der Waals surface area contributed by atoms with Crippen LogP contribution in [0, 0.1) is 0 Å². The Morgan fingerprint density at radius 3 is 1.85 bits per heavy atom. The van der Waals surface area contributed by atoms with Gasteiger partial charge in [0.1, 0.15) is 22.3 Å². The van der Waals surface area contributed by atoms with E-state index in [1.165, 1.54) is 21.7 Å². The summed E-state index contributed by atoms with van der Waals surface area (Å²) in [5.41, 5.74) is 8.90. The fraction of sp³-hybridized carbons (Fsp3) is 0. The number of para-hydroxylation sites is 2. The molecule has 0 fully saturated rings. The van der Waals surface area contributed by atoms with Gasteiger partial charge in [-0.15, -0.1) is 0 Å². The molecule has 0 N–H and O–H groups in total. The highest BCUT2D eigenvalue weighted by molar-refractivity contribution is 6.29.